The van der Waals surface area contributed by atoms with Gasteiger partial charge in [-0.25, -0.2) is 9.97 Å². The van der Waals surface area contributed by atoms with Crippen LogP contribution >= 0.6 is 0 Å². The Balaban J connectivity index is 2.21. The van der Waals surface area contributed by atoms with Crippen LogP contribution in [0.1, 0.15) is 36.2 Å². The fourth-order valence-corrected chi connectivity index (χ4v) is 3.44. The van der Waals surface area contributed by atoms with E-state index >= 15 is 0 Å². The van der Waals surface area contributed by atoms with Gasteiger partial charge in [-0.1, -0.05) is 12.8 Å². The van der Waals surface area contributed by atoms with Crippen LogP contribution in [0.3, 0.4) is 0 Å². The molecule has 10 nitrogen and oxygen atoms in total. The SMILES string of the molecule is COc1ccc(-c2nc(C(=O)N=C(N)N)c(N)nc2N2CCCCCC2)c(OC)c1. The zero-order chi connectivity index (χ0) is 21.7. The number of aromatic nitrogens is 2. The molecule has 0 bridgehead atoms. The summed E-state index contributed by atoms with van der Waals surface area (Å²) in [5, 5.41) is 0. The summed E-state index contributed by atoms with van der Waals surface area (Å²) >= 11 is 0. The van der Waals surface area contributed by atoms with Crippen LogP contribution in [0.15, 0.2) is 23.2 Å². The summed E-state index contributed by atoms with van der Waals surface area (Å²) < 4.78 is 10.8. The zero-order valence-electron chi connectivity index (χ0n) is 17.2. The molecule has 30 heavy (non-hydrogen) atoms. The molecule has 0 spiro atoms. The van der Waals surface area contributed by atoms with Gasteiger partial charge in [0.05, 0.1) is 14.2 Å². The second kappa shape index (κ2) is 9.29. The van der Waals surface area contributed by atoms with Gasteiger partial charge in [-0.3, -0.25) is 4.79 Å². The second-order valence-corrected chi connectivity index (χ2v) is 6.94. The van der Waals surface area contributed by atoms with Crippen LogP contribution in [0.25, 0.3) is 11.3 Å². The standard InChI is InChI=1S/C20H27N7O3/c1-29-12-7-8-13(14(11-12)30-2)15-18(27-9-5-3-4-6-10-27)25-17(21)16(24-15)19(28)26-20(22)23/h7-8,11H,3-6,9-10H2,1-2H3,(H2,21,25)(H4,22,23,26,28). The van der Waals surface area contributed by atoms with Gasteiger partial charge in [-0.15, -0.1) is 0 Å². The molecule has 0 aliphatic carbocycles. The fourth-order valence-electron chi connectivity index (χ4n) is 3.44. The lowest BCUT2D eigenvalue weighted by Gasteiger charge is -2.25. The van der Waals surface area contributed by atoms with Crippen LogP contribution < -0.4 is 31.6 Å². The number of nitrogen functional groups attached to an aromatic ring is 1. The summed E-state index contributed by atoms with van der Waals surface area (Å²) in [5.74, 6) is 0.606. The number of guanidine groups is 1. The van der Waals surface area contributed by atoms with E-state index in [4.69, 9.17) is 26.7 Å². The van der Waals surface area contributed by atoms with Gasteiger partial charge >= 0.3 is 5.91 Å². The minimum atomic E-state index is -0.754. The average Bonchev–Trinajstić information content (AvgIpc) is 3.02. The molecule has 1 fully saturated rings. The first-order valence-electron chi connectivity index (χ1n) is 9.73. The molecule has 2 aromatic rings. The number of carbonyl (C=O) groups excluding carboxylic acids is 1. The number of carbonyl (C=O) groups is 1. The van der Waals surface area contributed by atoms with Crippen molar-refractivity contribution in [2.45, 2.75) is 25.7 Å². The van der Waals surface area contributed by atoms with E-state index in [1.807, 2.05) is 6.07 Å². The van der Waals surface area contributed by atoms with Crippen molar-refractivity contribution >= 4 is 23.5 Å². The van der Waals surface area contributed by atoms with Crippen molar-refractivity contribution in [2.75, 3.05) is 37.9 Å². The molecule has 0 radical (unpaired) electrons. The number of nitrogens with zero attached hydrogens (tertiary/aromatic N) is 4. The zero-order valence-corrected chi connectivity index (χ0v) is 17.2. The highest BCUT2D eigenvalue weighted by Crippen LogP contribution is 2.38. The molecule has 6 N–H and O–H groups in total. The normalized spacial score (nSPS) is 14.0. The van der Waals surface area contributed by atoms with E-state index in [-0.39, 0.29) is 17.5 Å². The van der Waals surface area contributed by atoms with Gasteiger partial charge in [0.2, 0.25) is 0 Å². The number of benzene rings is 1. The predicted molar refractivity (Wildman–Crippen MR) is 116 cm³/mol. The van der Waals surface area contributed by atoms with Gasteiger partial charge in [0.15, 0.2) is 23.3 Å². The molecule has 0 saturated carbocycles. The van der Waals surface area contributed by atoms with E-state index in [9.17, 15) is 4.79 Å². The Morgan fingerprint density at radius 1 is 1.07 bits per heavy atom. The predicted octanol–water partition coefficient (Wildman–Crippen LogP) is 1.54. The van der Waals surface area contributed by atoms with Crippen LogP contribution in [-0.4, -0.2) is 49.1 Å². The molecule has 1 aromatic heterocycles. The van der Waals surface area contributed by atoms with Gasteiger partial charge in [-0.2, -0.15) is 4.99 Å². The van der Waals surface area contributed by atoms with Gasteiger partial charge in [-0.05, 0) is 25.0 Å². The van der Waals surface area contributed by atoms with Crippen LogP contribution in [0, 0.1) is 0 Å². The van der Waals surface area contributed by atoms with E-state index in [0.717, 1.165) is 38.8 Å². The minimum Gasteiger partial charge on any atom is -0.497 e. The van der Waals surface area contributed by atoms with Gasteiger partial charge in [0, 0.05) is 24.7 Å². The van der Waals surface area contributed by atoms with E-state index in [1.54, 1.807) is 26.4 Å². The van der Waals surface area contributed by atoms with Crippen LogP contribution in [0.2, 0.25) is 0 Å². The third-order valence-corrected chi connectivity index (χ3v) is 4.91. The summed E-state index contributed by atoms with van der Waals surface area (Å²) in [7, 11) is 3.13. The number of hydrogen-bond acceptors (Lipinski definition) is 7. The molecular formula is C20H27N7O3. The quantitative estimate of drug-likeness (QED) is 0.489. The first-order chi connectivity index (χ1) is 14.4. The van der Waals surface area contributed by atoms with E-state index in [0.29, 0.717) is 28.6 Å². The highest BCUT2D eigenvalue weighted by Gasteiger charge is 2.25. The highest BCUT2D eigenvalue weighted by molar-refractivity contribution is 6.04. The summed E-state index contributed by atoms with van der Waals surface area (Å²) in [5.41, 5.74) is 17.8. The Labute approximate surface area is 175 Å². The van der Waals surface area contributed by atoms with E-state index < -0.39 is 5.91 Å². The van der Waals surface area contributed by atoms with Crippen molar-refractivity contribution in [3.63, 3.8) is 0 Å². The van der Waals surface area contributed by atoms with Crippen molar-refractivity contribution < 1.29 is 14.3 Å². The number of rotatable bonds is 5. The van der Waals surface area contributed by atoms with Crippen LogP contribution in [-0.2, 0) is 0 Å². The third kappa shape index (κ3) is 4.53. The summed E-state index contributed by atoms with van der Waals surface area (Å²) in [6, 6.07) is 5.35. The Hall–Kier alpha value is -3.56. The van der Waals surface area contributed by atoms with Crippen LogP contribution in [0.4, 0.5) is 11.6 Å². The topological polar surface area (TPSA) is 155 Å². The monoisotopic (exact) mass is 413 g/mol. The molecule has 1 aliphatic rings. The second-order valence-electron chi connectivity index (χ2n) is 6.94. The average molecular weight is 413 g/mol. The summed E-state index contributed by atoms with van der Waals surface area (Å²) in [4.78, 5) is 27.3. The molecule has 1 aromatic carbocycles. The number of ether oxygens (including phenoxy) is 2. The Morgan fingerprint density at radius 3 is 2.37 bits per heavy atom. The fraction of sp³-hybridized carbons (Fsp3) is 0.400. The van der Waals surface area contributed by atoms with Crippen LogP contribution in [0.5, 0.6) is 11.5 Å². The summed E-state index contributed by atoms with van der Waals surface area (Å²) in [6.45, 7) is 1.64. The molecule has 0 atom stereocenters. The molecular weight excluding hydrogens is 386 g/mol. The van der Waals surface area contributed by atoms with Gasteiger partial charge in [0.25, 0.3) is 0 Å². The van der Waals surface area contributed by atoms with Crippen molar-refractivity contribution in [1.29, 1.82) is 0 Å². The van der Waals surface area contributed by atoms with Crippen molar-refractivity contribution in [3.05, 3.63) is 23.9 Å². The Kier molecular flexibility index (Phi) is 6.55. The lowest BCUT2D eigenvalue weighted by atomic mass is 10.1. The maximum absolute atomic E-state index is 12.5. The summed E-state index contributed by atoms with van der Waals surface area (Å²) in [6.07, 6.45) is 4.38. The third-order valence-electron chi connectivity index (χ3n) is 4.91. The first kappa shape index (κ1) is 21.2. The molecule has 10 heteroatoms. The maximum atomic E-state index is 12.5. The smallest absolute Gasteiger partial charge is 0.302 e. The molecule has 1 aliphatic heterocycles. The molecule has 1 amide bonds. The van der Waals surface area contributed by atoms with Crippen molar-refractivity contribution in [1.82, 2.24) is 9.97 Å². The van der Waals surface area contributed by atoms with Gasteiger partial charge < -0.3 is 31.6 Å². The van der Waals surface area contributed by atoms with Gasteiger partial charge in [0.1, 0.15) is 17.2 Å². The molecule has 1 saturated heterocycles. The molecule has 160 valence electrons. The molecule has 3 rings (SSSR count). The molecule has 2 heterocycles. The number of aliphatic imine (C=N–C) groups is 1. The Bertz CT molecular complexity index is 950. The highest BCUT2D eigenvalue weighted by atomic mass is 16.5. The number of anilines is 2. The molecule has 0 unspecified atom stereocenters. The lowest BCUT2D eigenvalue weighted by Crippen LogP contribution is -2.28. The lowest BCUT2D eigenvalue weighted by molar-refractivity contribution is 0.0998. The number of amides is 1. The number of nitrogens with two attached hydrogens (primary N) is 3. The van der Waals surface area contributed by atoms with Crippen molar-refractivity contribution in [3.8, 4) is 22.8 Å². The largest absolute Gasteiger partial charge is 0.497 e. The van der Waals surface area contributed by atoms with Crippen molar-refractivity contribution in [2.24, 2.45) is 16.5 Å². The maximum Gasteiger partial charge on any atom is 0.302 e. The first-order valence-corrected chi connectivity index (χ1v) is 9.73. The number of methoxy groups -OCH3 is 2. The number of hydrogen-bond donors (Lipinski definition) is 3. The Morgan fingerprint density at radius 2 is 1.77 bits per heavy atom. The van der Waals surface area contributed by atoms with E-state index in [2.05, 4.69) is 19.9 Å². The minimum absolute atomic E-state index is 0.0273. The van der Waals surface area contributed by atoms with E-state index in [1.165, 1.54) is 0 Å².